The minimum absolute atomic E-state index is 0. The molecule has 0 amide bonds. The third-order valence-electron chi connectivity index (χ3n) is 0.374. The van der Waals surface area contributed by atoms with E-state index in [1.807, 2.05) is 0 Å². The van der Waals surface area contributed by atoms with Crippen molar-refractivity contribution in [2.75, 3.05) is 13.2 Å². The van der Waals surface area contributed by atoms with Crippen molar-refractivity contribution in [1.29, 1.82) is 0 Å². The summed E-state index contributed by atoms with van der Waals surface area (Å²) < 4.78 is 0. The van der Waals surface area contributed by atoms with Crippen LogP contribution in [0.5, 0.6) is 0 Å². The molecule has 0 aliphatic carbocycles. The van der Waals surface area contributed by atoms with Crippen LogP contribution in [0.3, 0.4) is 0 Å². The monoisotopic (exact) mass is 139 g/mol. The average Bonchev–Trinajstić information content (AvgIpc) is 1.65. The molecule has 0 rings (SSSR count). The zero-order chi connectivity index (χ0) is 4.99. The minimum atomic E-state index is -0.497. The molecule has 4 heteroatoms. The number of carbonyl (C=O) groups excluding carboxylic acids is 1. The van der Waals surface area contributed by atoms with Crippen molar-refractivity contribution in [3.63, 3.8) is 0 Å². The SMILES string of the molecule is [NH-]CC(=O)CO.[V]. The van der Waals surface area contributed by atoms with Crippen LogP contribution in [0.4, 0.5) is 0 Å². The van der Waals surface area contributed by atoms with Crippen molar-refractivity contribution in [2.45, 2.75) is 0 Å². The molecule has 2 N–H and O–H groups in total. The fourth-order valence-corrected chi connectivity index (χ4v) is 0.0559. The second kappa shape index (κ2) is 6.17. The zero-order valence-electron chi connectivity index (χ0n) is 3.72. The molecule has 3 nitrogen and oxygen atoms in total. The smallest absolute Gasteiger partial charge is 0.137 e. The molecule has 0 aliphatic rings. The molecule has 0 aromatic heterocycles. The van der Waals surface area contributed by atoms with Gasteiger partial charge in [-0.25, -0.2) is 0 Å². The molecule has 1 radical (unpaired) electrons. The number of carbonyl (C=O) groups is 1. The molecule has 0 aromatic carbocycles. The first kappa shape index (κ1) is 10.2. The number of ketones is 1. The van der Waals surface area contributed by atoms with Crippen molar-refractivity contribution in [2.24, 2.45) is 0 Å². The van der Waals surface area contributed by atoms with E-state index in [-0.39, 0.29) is 25.1 Å². The van der Waals surface area contributed by atoms with E-state index in [2.05, 4.69) is 0 Å². The zero-order valence-corrected chi connectivity index (χ0v) is 5.11. The molecule has 0 saturated heterocycles. The Morgan fingerprint density at radius 3 is 2.14 bits per heavy atom. The third kappa shape index (κ3) is 6.17. The molecular formula is C3H6NO2V-. The van der Waals surface area contributed by atoms with E-state index >= 15 is 0 Å². The van der Waals surface area contributed by atoms with Gasteiger partial charge in [-0.1, -0.05) is 6.54 Å². The summed E-state index contributed by atoms with van der Waals surface area (Å²) in [6.07, 6.45) is 0. The predicted molar refractivity (Wildman–Crippen MR) is 21.3 cm³/mol. The summed E-state index contributed by atoms with van der Waals surface area (Å²) >= 11 is 0. The van der Waals surface area contributed by atoms with Gasteiger partial charge in [0.2, 0.25) is 0 Å². The van der Waals surface area contributed by atoms with Crippen LogP contribution >= 0.6 is 0 Å². The molecule has 7 heavy (non-hydrogen) atoms. The first-order chi connectivity index (χ1) is 2.81. The Kier molecular flexibility index (Phi) is 9.01. The van der Waals surface area contributed by atoms with E-state index in [9.17, 15) is 4.79 Å². The van der Waals surface area contributed by atoms with E-state index in [0.29, 0.717) is 0 Å². The topological polar surface area (TPSA) is 61.1 Å². The molecule has 41 valence electrons. The number of hydrogen-bond donors (Lipinski definition) is 1. The molecule has 0 atom stereocenters. The molecule has 0 bridgehead atoms. The van der Waals surface area contributed by atoms with Crippen molar-refractivity contribution in [1.82, 2.24) is 0 Å². The van der Waals surface area contributed by atoms with Gasteiger partial charge in [-0.3, -0.25) is 4.79 Å². The molecule has 0 saturated carbocycles. The Bertz CT molecular complexity index is 50.9. The minimum Gasteiger partial charge on any atom is -0.671 e. The largest absolute Gasteiger partial charge is 0.671 e. The molecule has 0 heterocycles. The van der Waals surface area contributed by atoms with Gasteiger partial charge in [-0.2, -0.15) is 0 Å². The number of aliphatic hydroxyl groups is 1. The van der Waals surface area contributed by atoms with Crippen molar-refractivity contribution in [3.05, 3.63) is 5.73 Å². The maximum atomic E-state index is 9.74. The molecule has 0 aromatic rings. The second-order valence-electron chi connectivity index (χ2n) is 0.874. The van der Waals surface area contributed by atoms with E-state index < -0.39 is 12.4 Å². The Morgan fingerprint density at radius 2 is 2.14 bits per heavy atom. The predicted octanol–water partition coefficient (Wildman–Crippen LogP) is -0.403. The summed E-state index contributed by atoms with van der Waals surface area (Å²) in [6.45, 7) is -0.806. The van der Waals surface area contributed by atoms with E-state index in [0.717, 1.165) is 0 Å². The van der Waals surface area contributed by atoms with Crippen LogP contribution in [0, 0.1) is 0 Å². The van der Waals surface area contributed by atoms with Gasteiger partial charge in [-0.15, -0.1) is 0 Å². The van der Waals surface area contributed by atoms with Crippen molar-refractivity contribution < 1.29 is 28.5 Å². The molecule has 0 unspecified atom stereocenters. The van der Waals surface area contributed by atoms with Crippen molar-refractivity contribution in [3.8, 4) is 0 Å². The first-order valence-corrected chi connectivity index (χ1v) is 1.58. The van der Waals surface area contributed by atoms with Crippen LogP contribution in [0.15, 0.2) is 0 Å². The average molecular weight is 139 g/mol. The summed E-state index contributed by atoms with van der Waals surface area (Å²) in [7, 11) is 0. The van der Waals surface area contributed by atoms with Gasteiger partial charge in [0.1, 0.15) is 5.78 Å². The summed E-state index contributed by atoms with van der Waals surface area (Å²) in [4.78, 5) is 9.74. The van der Waals surface area contributed by atoms with Gasteiger partial charge >= 0.3 is 0 Å². The Hall–Kier alpha value is 0.174. The molecular weight excluding hydrogens is 133 g/mol. The summed E-state index contributed by atoms with van der Waals surface area (Å²) in [6, 6.07) is 0. The quantitative estimate of drug-likeness (QED) is 0.565. The van der Waals surface area contributed by atoms with Crippen LogP contribution in [0.2, 0.25) is 0 Å². The molecule has 0 aliphatic heterocycles. The normalized spacial score (nSPS) is 7.14. The van der Waals surface area contributed by atoms with Crippen LogP contribution in [-0.2, 0) is 23.4 Å². The van der Waals surface area contributed by atoms with Gasteiger partial charge in [0.05, 0.1) is 6.61 Å². The summed E-state index contributed by atoms with van der Waals surface area (Å²) in [5.41, 5.74) is 6.30. The van der Waals surface area contributed by atoms with E-state index in [1.54, 1.807) is 0 Å². The number of rotatable bonds is 2. The van der Waals surface area contributed by atoms with Gasteiger partial charge in [0.15, 0.2) is 0 Å². The van der Waals surface area contributed by atoms with Gasteiger partial charge in [0.25, 0.3) is 0 Å². The number of hydrogen-bond acceptors (Lipinski definition) is 2. The maximum absolute atomic E-state index is 9.74. The Balaban J connectivity index is 0. The number of aliphatic hydroxyl groups excluding tert-OH is 1. The summed E-state index contributed by atoms with van der Waals surface area (Å²) in [5.74, 6) is -0.435. The molecule has 0 fully saturated rings. The third-order valence-corrected chi connectivity index (χ3v) is 0.374. The van der Waals surface area contributed by atoms with Crippen LogP contribution in [0.25, 0.3) is 5.73 Å². The van der Waals surface area contributed by atoms with Gasteiger partial charge < -0.3 is 10.8 Å². The Labute approximate surface area is 53.8 Å². The number of Topliss-reactive ketones (excluding diaryl/α,β-unsaturated/α-hetero) is 1. The standard InChI is InChI=1S/C3H6NO2.V/c4-1-3(6)2-5;/h4-5H,1-2H2;/q-1;. The van der Waals surface area contributed by atoms with Crippen LogP contribution in [-0.4, -0.2) is 24.0 Å². The van der Waals surface area contributed by atoms with E-state index in [1.165, 1.54) is 0 Å². The van der Waals surface area contributed by atoms with E-state index in [4.69, 9.17) is 10.8 Å². The van der Waals surface area contributed by atoms with Crippen LogP contribution < -0.4 is 0 Å². The van der Waals surface area contributed by atoms with Crippen molar-refractivity contribution >= 4 is 5.78 Å². The van der Waals surface area contributed by atoms with Gasteiger partial charge in [-0.05, 0) is 0 Å². The summed E-state index contributed by atoms with van der Waals surface area (Å²) in [5, 5.41) is 7.87. The Morgan fingerprint density at radius 1 is 1.71 bits per heavy atom. The van der Waals surface area contributed by atoms with Crippen LogP contribution in [0.1, 0.15) is 0 Å². The second-order valence-corrected chi connectivity index (χ2v) is 0.874. The maximum Gasteiger partial charge on any atom is 0.137 e. The van der Waals surface area contributed by atoms with Gasteiger partial charge in [0, 0.05) is 18.6 Å². The fraction of sp³-hybridized carbons (Fsp3) is 0.667. The first-order valence-electron chi connectivity index (χ1n) is 1.58. The number of nitrogens with one attached hydrogen (secondary N) is 1. The fourth-order valence-electron chi connectivity index (χ4n) is 0.0559. The molecule has 0 spiro atoms.